The van der Waals surface area contributed by atoms with Crippen LogP contribution in [0.3, 0.4) is 0 Å². The molecule has 0 spiro atoms. The van der Waals surface area contributed by atoms with Gasteiger partial charge in [0.05, 0.1) is 52.0 Å². The summed E-state index contributed by atoms with van der Waals surface area (Å²) in [5.41, 5.74) is 1.75. The molecule has 0 aliphatic carbocycles. The number of rotatable bonds is 18. The van der Waals surface area contributed by atoms with Gasteiger partial charge in [-0.25, -0.2) is 33.7 Å². The first-order valence-electron chi connectivity index (χ1n) is 19.9. The Labute approximate surface area is 458 Å². The van der Waals surface area contributed by atoms with Crippen LogP contribution in [0.15, 0.2) is 95.9 Å². The molecule has 1 N–H and O–H groups in total. The first-order valence-corrected chi connectivity index (χ1v) is 26.1. The van der Waals surface area contributed by atoms with Crippen molar-refractivity contribution < 1.29 is 160 Å². The maximum atomic E-state index is 12.3. The second-order valence-electron chi connectivity index (χ2n) is 16.5. The van der Waals surface area contributed by atoms with Gasteiger partial charge in [0.15, 0.2) is 5.71 Å². The van der Waals surface area contributed by atoms with E-state index in [0.717, 1.165) is 6.07 Å². The maximum Gasteiger partial charge on any atom is 1.00 e. The number of carboxylic acid groups (broad SMARTS) is 1. The van der Waals surface area contributed by atoms with E-state index in [-0.39, 0.29) is 139 Å². The van der Waals surface area contributed by atoms with Crippen molar-refractivity contribution in [2.45, 2.75) is 68.7 Å². The Morgan fingerprint density at radius 3 is 2.04 bits per heavy atom. The summed E-state index contributed by atoms with van der Waals surface area (Å²) in [6.07, 6.45) is 8.20. The third-order valence-electron chi connectivity index (χ3n) is 11.3. The van der Waals surface area contributed by atoms with Crippen LogP contribution in [-0.2, 0) is 50.7 Å². The van der Waals surface area contributed by atoms with E-state index in [0.29, 0.717) is 56.4 Å². The van der Waals surface area contributed by atoms with Gasteiger partial charge in [-0.2, -0.15) is 4.58 Å². The third-order valence-corrected chi connectivity index (χ3v) is 14.4. The first kappa shape index (κ1) is 59.3. The fourth-order valence-corrected chi connectivity index (χ4v) is 10.6. The van der Waals surface area contributed by atoms with Crippen LogP contribution in [0.4, 0.5) is 11.4 Å². The van der Waals surface area contributed by atoms with E-state index in [2.05, 4.69) is 0 Å². The molecule has 1 unspecified atom stereocenters. The van der Waals surface area contributed by atoms with E-state index in [9.17, 15) is 61.8 Å². The molecule has 0 aromatic heterocycles. The smallest absolute Gasteiger partial charge is 0.748 e. The van der Waals surface area contributed by atoms with Crippen LogP contribution in [0, 0.1) is 0 Å². The van der Waals surface area contributed by atoms with Crippen molar-refractivity contribution in [3.05, 3.63) is 113 Å². The molecule has 3 aromatic carbocycles. The number of allylic oxidation sites excluding steroid dienone is 5. The molecule has 344 valence electrons. The number of ether oxygens (including phenoxy) is 1. The molecule has 17 nitrogen and oxygen atoms in total. The summed E-state index contributed by atoms with van der Waals surface area (Å²) in [5.74, 6) is -2.61. The standard InChI is InChI=1S/C43H48N2O15S4.3Na/c1-42(2)27-31(28-63(54,55)56)33-25-34-30(23-38(29-11-5-4-6-12-29)60-39(34)26-37(33)45(42)20-10-22-62(51,52)53)13-7-14-40-43(3,18-8-15-41(46)47)35-24-32(64(57,58)59)16-17-36(35)44(40)19-9-21-61(48,49)50;;;/h4-7,11-14,16-17,23-27H,8-10,15,18-22,28H2,1-3H3,(H4-,46,47,48,49,50,51,52,53,54,55,56,57,58,59);;;/q;3*+1/p-3. The fourth-order valence-electron chi connectivity index (χ4n) is 8.55. The van der Waals surface area contributed by atoms with E-state index >= 15 is 0 Å². The summed E-state index contributed by atoms with van der Waals surface area (Å²) in [6, 6.07) is 16.1. The number of carboxylic acids is 1. The number of anilines is 1. The second kappa shape index (κ2) is 23.0. The number of benzene rings is 3. The van der Waals surface area contributed by atoms with Gasteiger partial charge in [-0.05, 0) is 75.5 Å². The van der Waals surface area contributed by atoms with Crippen LogP contribution in [0.1, 0.15) is 75.1 Å². The molecule has 0 saturated heterocycles. The number of fused-ring (bicyclic) bond motifs is 3. The van der Waals surface area contributed by atoms with Crippen molar-refractivity contribution in [2.75, 3.05) is 35.2 Å². The van der Waals surface area contributed by atoms with Gasteiger partial charge in [0.25, 0.3) is 0 Å². The van der Waals surface area contributed by atoms with Gasteiger partial charge in [0.1, 0.15) is 28.2 Å². The molecule has 24 heteroatoms. The van der Waals surface area contributed by atoms with Gasteiger partial charge in [-0.15, -0.1) is 0 Å². The number of carbonyl (C=O) groups is 1. The predicted octanol–water partition coefficient (Wildman–Crippen LogP) is -4.32. The van der Waals surface area contributed by atoms with Gasteiger partial charge in [0, 0.05) is 77.0 Å². The minimum Gasteiger partial charge on any atom is -0.748 e. The van der Waals surface area contributed by atoms with Crippen molar-refractivity contribution in [2.24, 2.45) is 0 Å². The van der Waals surface area contributed by atoms with Crippen molar-refractivity contribution in [1.29, 1.82) is 0 Å². The van der Waals surface area contributed by atoms with Crippen LogP contribution < -0.4 is 98.3 Å². The van der Waals surface area contributed by atoms with Gasteiger partial charge in [-0.3, -0.25) is 4.79 Å². The zero-order valence-corrected chi connectivity index (χ0v) is 47.2. The van der Waals surface area contributed by atoms with Crippen LogP contribution >= 0.6 is 0 Å². The average molecular weight is 1030 g/mol. The average Bonchev–Trinajstić information content (AvgIpc) is 3.39. The minimum atomic E-state index is -4.94. The number of hydrogen-bond donors (Lipinski definition) is 1. The van der Waals surface area contributed by atoms with E-state index in [1.165, 1.54) is 12.1 Å². The summed E-state index contributed by atoms with van der Waals surface area (Å²) in [6.45, 7) is 5.28. The molecule has 3 aliphatic heterocycles. The summed E-state index contributed by atoms with van der Waals surface area (Å²) in [7, 11) is -19.0. The van der Waals surface area contributed by atoms with Gasteiger partial charge in [-0.1, -0.05) is 48.6 Å². The first-order chi connectivity index (χ1) is 29.7. The van der Waals surface area contributed by atoms with Crippen molar-refractivity contribution in [3.8, 4) is 5.75 Å². The Kier molecular flexibility index (Phi) is 20.4. The van der Waals surface area contributed by atoms with Crippen LogP contribution in [0.5, 0.6) is 5.75 Å². The second-order valence-corrected chi connectivity index (χ2v) is 22.3. The minimum absolute atomic E-state index is 0. The van der Waals surface area contributed by atoms with Crippen LogP contribution in [-0.4, -0.2) is 109 Å². The number of nitrogens with zero attached hydrogens (tertiary/aromatic N) is 2. The largest absolute Gasteiger partial charge is 1.00 e. The molecular formula is C43H45N2Na3O15S4. The zero-order valence-electron chi connectivity index (χ0n) is 37.9. The molecule has 0 fully saturated rings. The summed E-state index contributed by atoms with van der Waals surface area (Å²) in [5, 5.41) is 9.50. The molecule has 6 rings (SSSR count). The number of hydrogen-bond acceptors (Lipinski definition) is 15. The predicted molar refractivity (Wildman–Crippen MR) is 234 cm³/mol. The zero-order chi connectivity index (χ0) is 47.0. The number of aliphatic carboxylic acids is 1. The third kappa shape index (κ3) is 15.0. The molecule has 0 radical (unpaired) electrons. The Morgan fingerprint density at radius 2 is 1.45 bits per heavy atom. The van der Waals surface area contributed by atoms with Crippen molar-refractivity contribution in [1.82, 2.24) is 0 Å². The summed E-state index contributed by atoms with van der Waals surface area (Å²) in [4.78, 5) is 12.9. The van der Waals surface area contributed by atoms with E-state index in [1.54, 1.807) is 84.9 Å². The molecular weight excluding hydrogens is 982 g/mol. The molecule has 3 aromatic rings. The Bertz CT molecular complexity index is 3010. The molecule has 0 bridgehead atoms. The van der Waals surface area contributed by atoms with Gasteiger partial charge >= 0.3 is 94.6 Å². The van der Waals surface area contributed by atoms with Crippen molar-refractivity contribution in [3.63, 3.8) is 0 Å². The van der Waals surface area contributed by atoms with Crippen molar-refractivity contribution >= 4 is 80.4 Å². The van der Waals surface area contributed by atoms with E-state index in [1.807, 2.05) is 18.2 Å². The fraction of sp³-hybridized carbons (Fsp3) is 0.349. The normalized spacial score (nSPS) is 18.4. The Hall–Kier alpha value is -2.00. The van der Waals surface area contributed by atoms with Crippen LogP contribution in [0.25, 0.3) is 16.9 Å². The molecule has 67 heavy (non-hydrogen) atoms. The van der Waals surface area contributed by atoms with Crippen LogP contribution in [0.2, 0.25) is 0 Å². The molecule has 0 amide bonds. The maximum absolute atomic E-state index is 12.3. The summed E-state index contributed by atoms with van der Waals surface area (Å²) < 4.78 is 151. The molecule has 1 atom stereocenters. The van der Waals surface area contributed by atoms with E-state index in [4.69, 9.17) is 4.74 Å². The molecule has 3 aliphatic rings. The SMILES string of the molecule is CC1(CCCC(=O)O)C(/C=C/C=C2\C=C(c3ccccc3)Oc3cc4c(cc32)C(CS(=O)(=O)[O-])=CC(C)(C)N4CCCS(=O)(=O)[O-])=[N+](CCCS(=O)(=O)[O-])c2ccc(S(=O)(=O)[O-])cc21.[Na+].[Na+].[Na+]. The quantitative estimate of drug-likeness (QED) is 0.0717. The molecule has 0 saturated carbocycles. The van der Waals surface area contributed by atoms with E-state index < -0.39 is 79.5 Å². The monoisotopic (exact) mass is 1030 g/mol. The van der Waals surface area contributed by atoms with Gasteiger partial charge in [0.2, 0.25) is 5.69 Å². The molecule has 3 heterocycles. The Balaban J connectivity index is 0.00000397. The topological polar surface area (TPSA) is 282 Å². The Morgan fingerprint density at radius 1 is 0.806 bits per heavy atom. The summed E-state index contributed by atoms with van der Waals surface area (Å²) >= 11 is 0. The van der Waals surface area contributed by atoms with Gasteiger partial charge < -0.3 is 33.0 Å².